The fourth-order valence-electron chi connectivity index (χ4n) is 2.24. The van der Waals surface area contributed by atoms with Gasteiger partial charge in [0.25, 0.3) is 0 Å². The second-order valence-electron chi connectivity index (χ2n) is 5.09. The molecule has 1 aliphatic rings. The van der Waals surface area contributed by atoms with Crippen LogP contribution in [0.2, 0.25) is 0 Å². The fraction of sp³-hybridized carbons (Fsp3) is 0.667. The van der Waals surface area contributed by atoms with E-state index in [1.165, 1.54) is 0 Å². The molecule has 0 spiro atoms. The molecule has 0 radical (unpaired) electrons. The highest BCUT2D eigenvalue weighted by molar-refractivity contribution is 5.82. The normalized spacial score (nSPS) is 18.4. The molecule has 0 atom stereocenters. The molecule has 0 unspecified atom stereocenters. The Hall–Kier alpha value is -1.32. The average Bonchev–Trinajstić information content (AvgIpc) is 2.49. The van der Waals surface area contributed by atoms with Crippen molar-refractivity contribution in [3.8, 4) is 0 Å². The van der Waals surface area contributed by atoms with Crippen molar-refractivity contribution in [2.24, 2.45) is 5.92 Å². The van der Waals surface area contributed by atoms with Crippen LogP contribution in [-0.2, 0) is 16.8 Å². The van der Waals surface area contributed by atoms with Gasteiger partial charge in [0.05, 0.1) is 11.6 Å². The molecule has 1 aliphatic carbocycles. The summed E-state index contributed by atoms with van der Waals surface area (Å²) in [5.74, 6) is -0.183. The molecule has 0 amide bonds. The topological polar surface area (TPSA) is 55.1 Å². The number of carbonyl (C=O) groups is 1. The quantitative estimate of drug-likeness (QED) is 0.848. The zero-order chi connectivity index (χ0) is 11.8. The number of aromatic nitrogens is 2. The molecule has 1 heterocycles. The van der Waals surface area contributed by atoms with E-state index < -0.39 is 11.4 Å². The first-order chi connectivity index (χ1) is 7.54. The summed E-state index contributed by atoms with van der Waals surface area (Å²) in [5.41, 5.74) is 0.224. The van der Waals surface area contributed by atoms with Crippen LogP contribution in [0.3, 0.4) is 0 Å². The summed E-state index contributed by atoms with van der Waals surface area (Å²) >= 11 is 0. The van der Waals surface area contributed by atoms with Gasteiger partial charge in [0.2, 0.25) is 0 Å². The van der Waals surface area contributed by atoms with E-state index in [0.717, 1.165) is 31.4 Å². The minimum Gasteiger partial charge on any atom is -0.481 e. The first-order valence-corrected chi connectivity index (χ1v) is 5.81. The minimum absolute atomic E-state index is 0.523. The average molecular weight is 222 g/mol. The molecule has 88 valence electrons. The van der Waals surface area contributed by atoms with Crippen LogP contribution in [0.15, 0.2) is 12.4 Å². The molecule has 0 bridgehead atoms. The molecule has 2 rings (SSSR count). The van der Waals surface area contributed by atoms with Gasteiger partial charge in [-0.3, -0.25) is 9.48 Å². The van der Waals surface area contributed by atoms with Crippen molar-refractivity contribution >= 4 is 5.97 Å². The summed E-state index contributed by atoms with van der Waals surface area (Å²) in [4.78, 5) is 11.3. The largest absolute Gasteiger partial charge is 0.481 e. The van der Waals surface area contributed by atoms with Gasteiger partial charge in [-0.15, -0.1) is 0 Å². The summed E-state index contributed by atoms with van der Waals surface area (Å²) in [6.45, 7) is 5.09. The van der Waals surface area contributed by atoms with Crippen molar-refractivity contribution in [3.63, 3.8) is 0 Å². The lowest BCUT2D eigenvalue weighted by atomic mass is 9.65. The van der Waals surface area contributed by atoms with Crippen LogP contribution in [-0.4, -0.2) is 20.9 Å². The van der Waals surface area contributed by atoms with Crippen molar-refractivity contribution in [3.05, 3.63) is 18.0 Å². The maximum Gasteiger partial charge on any atom is 0.314 e. The van der Waals surface area contributed by atoms with E-state index in [2.05, 4.69) is 18.9 Å². The maximum absolute atomic E-state index is 11.3. The van der Waals surface area contributed by atoms with Gasteiger partial charge in [-0.25, -0.2) is 0 Å². The van der Waals surface area contributed by atoms with Crippen molar-refractivity contribution in [1.82, 2.24) is 9.78 Å². The summed E-state index contributed by atoms with van der Waals surface area (Å²) < 4.78 is 1.85. The molecule has 0 aliphatic heterocycles. The Morgan fingerprint density at radius 3 is 2.75 bits per heavy atom. The molecular weight excluding hydrogens is 204 g/mol. The van der Waals surface area contributed by atoms with E-state index in [4.69, 9.17) is 0 Å². The Morgan fingerprint density at radius 1 is 1.62 bits per heavy atom. The van der Waals surface area contributed by atoms with E-state index in [9.17, 15) is 9.90 Å². The Labute approximate surface area is 95.3 Å². The predicted molar refractivity (Wildman–Crippen MR) is 60.2 cm³/mol. The van der Waals surface area contributed by atoms with Crippen LogP contribution in [0, 0.1) is 5.92 Å². The van der Waals surface area contributed by atoms with E-state index >= 15 is 0 Å². The third-order valence-electron chi connectivity index (χ3n) is 3.35. The van der Waals surface area contributed by atoms with Crippen LogP contribution < -0.4 is 0 Å². The Morgan fingerprint density at radius 2 is 2.31 bits per heavy atom. The number of aliphatic carboxylic acids is 1. The summed E-state index contributed by atoms with van der Waals surface area (Å²) in [6, 6.07) is 0. The van der Waals surface area contributed by atoms with Crippen LogP contribution in [0.4, 0.5) is 0 Å². The number of rotatable bonds is 4. The molecule has 1 aromatic heterocycles. The Kier molecular flexibility index (Phi) is 2.74. The first-order valence-electron chi connectivity index (χ1n) is 5.81. The highest BCUT2D eigenvalue weighted by Gasteiger charge is 2.46. The summed E-state index contributed by atoms with van der Waals surface area (Å²) in [5, 5.41) is 13.5. The number of carboxylic acids is 1. The van der Waals surface area contributed by atoms with E-state index in [0.29, 0.717) is 5.92 Å². The second-order valence-corrected chi connectivity index (χ2v) is 5.09. The van der Waals surface area contributed by atoms with Crippen LogP contribution in [0.1, 0.15) is 38.7 Å². The van der Waals surface area contributed by atoms with Gasteiger partial charge in [0.1, 0.15) is 0 Å². The minimum atomic E-state index is -0.706. The molecule has 4 nitrogen and oxygen atoms in total. The number of hydrogen-bond donors (Lipinski definition) is 1. The SMILES string of the molecule is CC(C)Cn1cc(C2(C(=O)O)CCC2)cn1. The molecule has 1 fully saturated rings. The number of hydrogen-bond acceptors (Lipinski definition) is 2. The van der Waals surface area contributed by atoms with Gasteiger partial charge in [-0.05, 0) is 18.8 Å². The van der Waals surface area contributed by atoms with Crippen molar-refractivity contribution < 1.29 is 9.90 Å². The van der Waals surface area contributed by atoms with Gasteiger partial charge in [0.15, 0.2) is 0 Å². The van der Waals surface area contributed by atoms with Gasteiger partial charge >= 0.3 is 5.97 Å². The molecule has 1 aromatic rings. The van der Waals surface area contributed by atoms with Crippen LogP contribution >= 0.6 is 0 Å². The lowest BCUT2D eigenvalue weighted by Crippen LogP contribution is -2.42. The van der Waals surface area contributed by atoms with Gasteiger partial charge in [-0.1, -0.05) is 20.3 Å². The van der Waals surface area contributed by atoms with E-state index in [1.807, 2.05) is 10.9 Å². The summed E-state index contributed by atoms with van der Waals surface area (Å²) in [6.07, 6.45) is 6.11. The van der Waals surface area contributed by atoms with Crippen LogP contribution in [0.25, 0.3) is 0 Å². The van der Waals surface area contributed by atoms with Crippen molar-refractivity contribution in [2.45, 2.75) is 45.1 Å². The van der Waals surface area contributed by atoms with Gasteiger partial charge < -0.3 is 5.11 Å². The highest BCUT2D eigenvalue weighted by atomic mass is 16.4. The van der Waals surface area contributed by atoms with Crippen molar-refractivity contribution in [2.75, 3.05) is 0 Å². The second kappa shape index (κ2) is 3.92. The van der Waals surface area contributed by atoms with E-state index in [-0.39, 0.29) is 0 Å². The standard InChI is InChI=1S/C12H18N2O2/c1-9(2)7-14-8-10(6-13-14)12(11(15)16)4-3-5-12/h6,8-9H,3-5,7H2,1-2H3,(H,15,16). The monoisotopic (exact) mass is 222 g/mol. The van der Waals surface area contributed by atoms with Gasteiger partial charge in [-0.2, -0.15) is 5.10 Å². The smallest absolute Gasteiger partial charge is 0.314 e. The first kappa shape index (κ1) is 11.2. The van der Waals surface area contributed by atoms with Crippen LogP contribution in [0.5, 0.6) is 0 Å². The molecule has 0 saturated heterocycles. The Balaban J connectivity index is 2.20. The third kappa shape index (κ3) is 1.72. The maximum atomic E-state index is 11.3. The molecule has 1 N–H and O–H groups in total. The molecule has 0 aromatic carbocycles. The number of carboxylic acid groups (broad SMARTS) is 1. The molecule has 16 heavy (non-hydrogen) atoms. The third-order valence-corrected chi connectivity index (χ3v) is 3.35. The zero-order valence-electron chi connectivity index (χ0n) is 9.81. The van der Waals surface area contributed by atoms with Gasteiger partial charge in [0, 0.05) is 18.3 Å². The highest BCUT2D eigenvalue weighted by Crippen LogP contribution is 2.43. The molecule has 1 saturated carbocycles. The lowest BCUT2D eigenvalue weighted by molar-refractivity contribution is -0.147. The lowest BCUT2D eigenvalue weighted by Gasteiger charge is -2.36. The number of nitrogens with zero attached hydrogens (tertiary/aromatic N) is 2. The molecule has 4 heteroatoms. The van der Waals surface area contributed by atoms with E-state index in [1.54, 1.807) is 6.20 Å². The van der Waals surface area contributed by atoms with Crippen molar-refractivity contribution in [1.29, 1.82) is 0 Å². The molecular formula is C12H18N2O2. The summed E-state index contributed by atoms with van der Waals surface area (Å²) in [7, 11) is 0. The predicted octanol–water partition coefficient (Wildman–Crippen LogP) is 2.05. The fourth-order valence-corrected chi connectivity index (χ4v) is 2.24. The zero-order valence-corrected chi connectivity index (χ0v) is 9.81. The Bertz CT molecular complexity index is 391.